The standard InChI is InChI=1S/C10H18F2N2.C2H6/c1-8(2)14-6-9(11)4-13(3)5-10(9,12)7-14;1-2/h8H,4-7H2,1-3H3;1-2H3. The van der Waals surface area contributed by atoms with Crippen LogP contribution < -0.4 is 0 Å². The van der Waals surface area contributed by atoms with Crippen LogP contribution in [0.25, 0.3) is 0 Å². The van der Waals surface area contributed by atoms with Crippen molar-refractivity contribution in [1.82, 2.24) is 9.80 Å². The van der Waals surface area contributed by atoms with Crippen molar-refractivity contribution in [2.75, 3.05) is 33.2 Å². The highest BCUT2D eigenvalue weighted by atomic mass is 19.2. The third-order valence-electron chi connectivity index (χ3n) is 3.48. The lowest BCUT2D eigenvalue weighted by molar-refractivity contribution is 0.0491. The maximum absolute atomic E-state index is 14.3. The van der Waals surface area contributed by atoms with E-state index in [1.165, 1.54) is 0 Å². The van der Waals surface area contributed by atoms with E-state index in [0.717, 1.165) is 0 Å². The second-order valence-corrected chi connectivity index (χ2v) is 5.10. The van der Waals surface area contributed by atoms with Crippen molar-refractivity contribution in [2.45, 2.75) is 45.1 Å². The van der Waals surface area contributed by atoms with Crippen molar-refractivity contribution in [3.63, 3.8) is 0 Å². The first-order valence-electron chi connectivity index (χ1n) is 6.17. The molecule has 2 heterocycles. The molecule has 0 spiro atoms. The maximum Gasteiger partial charge on any atom is 0.172 e. The Balaban J connectivity index is 0.000000606. The van der Waals surface area contributed by atoms with E-state index in [9.17, 15) is 8.78 Å². The minimum Gasteiger partial charge on any atom is -0.300 e. The summed E-state index contributed by atoms with van der Waals surface area (Å²) in [4.78, 5) is 3.64. The van der Waals surface area contributed by atoms with Gasteiger partial charge >= 0.3 is 0 Å². The molecule has 0 N–H and O–H groups in total. The van der Waals surface area contributed by atoms with E-state index in [0.29, 0.717) is 0 Å². The van der Waals surface area contributed by atoms with Crippen LogP contribution in [-0.2, 0) is 0 Å². The van der Waals surface area contributed by atoms with Crippen LogP contribution in [0.4, 0.5) is 8.78 Å². The molecular formula is C12H24F2N2. The Kier molecular flexibility index (Phi) is 3.95. The van der Waals surface area contributed by atoms with Crippen molar-refractivity contribution < 1.29 is 8.78 Å². The average Bonchev–Trinajstić information content (AvgIpc) is 2.52. The first-order valence-corrected chi connectivity index (χ1v) is 6.17. The second kappa shape index (κ2) is 4.57. The molecule has 2 atom stereocenters. The Labute approximate surface area is 97.6 Å². The molecule has 2 saturated heterocycles. The molecule has 0 bridgehead atoms. The van der Waals surface area contributed by atoms with Gasteiger partial charge in [-0.15, -0.1) is 0 Å². The van der Waals surface area contributed by atoms with Crippen LogP contribution in [0, 0.1) is 0 Å². The molecule has 0 aromatic heterocycles. The molecule has 4 heteroatoms. The van der Waals surface area contributed by atoms with Crippen LogP contribution in [0.1, 0.15) is 27.7 Å². The predicted octanol–water partition coefficient (Wildman–Crippen LogP) is 2.10. The Morgan fingerprint density at radius 2 is 1.31 bits per heavy atom. The molecule has 2 rings (SSSR count). The zero-order valence-electron chi connectivity index (χ0n) is 11.1. The molecule has 0 amide bonds. The number of alkyl halides is 2. The van der Waals surface area contributed by atoms with Gasteiger partial charge in [0.15, 0.2) is 11.3 Å². The van der Waals surface area contributed by atoms with Gasteiger partial charge in [0.1, 0.15) is 0 Å². The van der Waals surface area contributed by atoms with Crippen molar-refractivity contribution in [3.05, 3.63) is 0 Å². The fourth-order valence-corrected chi connectivity index (χ4v) is 2.64. The minimum atomic E-state index is -1.65. The third-order valence-corrected chi connectivity index (χ3v) is 3.48. The van der Waals surface area contributed by atoms with Crippen LogP contribution in [0.2, 0.25) is 0 Å². The van der Waals surface area contributed by atoms with Gasteiger partial charge in [0.2, 0.25) is 0 Å². The smallest absolute Gasteiger partial charge is 0.172 e. The van der Waals surface area contributed by atoms with Crippen LogP contribution in [0.15, 0.2) is 0 Å². The zero-order valence-corrected chi connectivity index (χ0v) is 11.1. The van der Waals surface area contributed by atoms with Gasteiger partial charge in [-0.25, -0.2) is 8.78 Å². The lowest BCUT2D eigenvalue weighted by atomic mass is 9.94. The van der Waals surface area contributed by atoms with E-state index in [1.54, 1.807) is 11.9 Å². The highest BCUT2D eigenvalue weighted by Gasteiger charge is 2.64. The van der Waals surface area contributed by atoms with Crippen LogP contribution in [0.5, 0.6) is 0 Å². The minimum absolute atomic E-state index is 0.228. The molecule has 0 saturated carbocycles. The Morgan fingerprint density at radius 3 is 1.62 bits per heavy atom. The molecule has 96 valence electrons. The van der Waals surface area contributed by atoms with Gasteiger partial charge in [0.05, 0.1) is 0 Å². The van der Waals surface area contributed by atoms with E-state index in [4.69, 9.17) is 0 Å². The number of fused-ring (bicyclic) bond motifs is 1. The molecule has 0 aromatic rings. The number of hydrogen-bond acceptors (Lipinski definition) is 2. The van der Waals surface area contributed by atoms with E-state index < -0.39 is 11.3 Å². The number of hydrogen-bond donors (Lipinski definition) is 0. The van der Waals surface area contributed by atoms with Crippen LogP contribution in [-0.4, -0.2) is 60.4 Å². The summed E-state index contributed by atoms with van der Waals surface area (Å²) >= 11 is 0. The monoisotopic (exact) mass is 234 g/mol. The SMILES string of the molecule is CC.CC(C)N1CC2(F)CN(C)CC2(F)C1. The van der Waals surface area contributed by atoms with Crippen LogP contribution in [0.3, 0.4) is 0 Å². The number of nitrogens with zero attached hydrogens (tertiary/aromatic N) is 2. The Hall–Kier alpha value is -0.220. The lowest BCUT2D eigenvalue weighted by Crippen LogP contribution is -2.44. The Bertz CT molecular complexity index is 227. The fourth-order valence-electron chi connectivity index (χ4n) is 2.64. The highest BCUT2D eigenvalue weighted by Crippen LogP contribution is 2.44. The van der Waals surface area contributed by atoms with Gasteiger partial charge < -0.3 is 0 Å². The quantitative estimate of drug-likeness (QED) is 0.685. The van der Waals surface area contributed by atoms with Gasteiger partial charge in [-0.1, -0.05) is 13.8 Å². The normalized spacial score (nSPS) is 39.8. The highest BCUT2D eigenvalue weighted by molar-refractivity contribution is 5.17. The summed E-state index contributed by atoms with van der Waals surface area (Å²) in [5.74, 6) is 0. The first-order chi connectivity index (χ1) is 7.36. The van der Waals surface area contributed by atoms with Crippen molar-refractivity contribution >= 4 is 0 Å². The predicted molar refractivity (Wildman–Crippen MR) is 63.2 cm³/mol. The van der Waals surface area contributed by atoms with E-state index in [2.05, 4.69) is 0 Å². The van der Waals surface area contributed by atoms with Crippen molar-refractivity contribution in [2.24, 2.45) is 0 Å². The average molecular weight is 234 g/mol. The van der Waals surface area contributed by atoms with Crippen LogP contribution >= 0.6 is 0 Å². The molecule has 16 heavy (non-hydrogen) atoms. The molecule has 2 aliphatic heterocycles. The lowest BCUT2D eigenvalue weighted by Gasteiger charge is -2.23. The molecule has 2 fully saturated rings. The van der Waals surface area contributed by atoms with Gasteiger partial charge in [-0.3, -0.25) is 9.80 Å². The third kappa shape index (κ3) is 2.09. The summed E-state index contributed by atoms with van der Waals surface area (Å²) in [6.45, 7) is 8.91. The largest absolute Gasteiger partial charge is 0.300 e. The molecule has 0 aliphatic carbocycles. The zero-order chi connectivity index (χ0) is 12.6. The number of halogens is 2. The van der Waals surface area contributed by atoms with E-state index >= 15 is 0 Å². The summed E-state index contributed by atoms with van der Waals surface area (Å²) in [6.07, 6.45) is 0. The van der Waals surface area contributed by atoms with Crippen molar-refractivity contribution in [1.29, 1.82) is 0 Å². The summed E-state index contributed by atoms with van der Waals surface area (Å²) < 4.78 is 28.6. The maximum atomic E-state index is 14.3. The second-order valence-electron chi connectivity index (χ2n) is 5.10. The summed E-state index contributed by atoms with van der Waals surface area (Å²) in [7, 11) is 1.78. The summed E-state index contributed by atoms with van der Waals surface area (Å²) in [5, 5.41) is 0. The summed E-state index contributed by atoms with van der Waals surface area (Å²) in [6, 6.07) is 0.228. The molecule has 0 aromatic carbocycles. The first kappa shape index (κ1) is 13.8. The van der Waals surface area contributed by atoms with Gasteiger partial charge in [-0.05, 0) is 20.9 Å². The van der Waals surface area contributed by atoms with Gasteiger partial charge in [-0.2, -0.15) is 0 Å². The van der Waals surface area contributed by atoms with Gasteiger partial charge in [0.25, 0.3) is 0 Å². The molecule has 2 nitrogen and oxygen atoms in total. The Morgan fingerprint density at radius 1 is 0.938 bits per heavy atom. The molecular weight excluding hydrogens is 210 g/mol. The van der Waals surface area contributed by atoms with Gasteiger partial charge in [0, 0.05) is 32.2 Å². The summed E-state index contributed by atoms with van der Waals surface area (Å²) in [5.41, 5.74) is -3.29. The molecule has 2 unspecified atom stereocenters. The van der Waals surface area contributed by atoms with Crippen molar-refractivity contribution in [3.8, 4) is 0 Å². The molecule has 0 radical (unpaired) electrons. The molecule has 2 aliphatic rings. The fraction of sp³-hybridized carbons (Fsp3) is 1.00. The van der Waals surface area contributed by atoms with E-state index in [1.807, 2.05) is 32.6 Å². The number of likely N-dealkylation sites (tertiary alicyclic amines) is 2. The van der Waals surface area contributed by atoms with E-state index in [-0.39, 0.29) is 32.2 Å². The number of rotatable bonds is 1. The topological polar surface area (TPSA) is 6.48 Å².